The summed E-state index contributed by atoms with van der Waals surface area (Å²) < 4.78 is 8.80. The van der Waals surface area contributed by atoms with Crippen LogP contribution in [0.4, 0.5) is 0 Å². The molecule has 1 amide bonds. The monoisotopic (exact) mass is 391 g/mol. The second-order valence-corrected chi connectivity index (χ2v) is 6.81. The van der Waals surface area contributed by atoms with E-state index in [0.29, 0.717) is 26.0 Å². The lowest BCUT2D eigenvalue weighted by Crippen LogP contribution is -2.23. The zero-order chi connectivity index (χ0) is 16.8. The van der Waals surface area contributed by atoms with Gasteiger partial charge in [0.15, 0.2) is 0 Å². The number of amides is 1. The van der Waals surface area contributed by atoms with Gasteiger partial charge >= 0.3 is 0 Å². The molecular formula is C18H22BrN3O2. The van der Waals surface area contributed by atoms with Gasteiger partial charge in [-0.1, -0.05) is 12.1 Å². The molecule has 2 aromatic rings. The van der Waals surface area contributed by atoms with Crippen molar-refractivity contribution in [3.05, 3.63) is 46.5 Å². The third-order valence-electron chi connectivity index (χ3n) is 4.07. The van der Waals surface area contributed by atoms with Gasteiger partial charge in [0.25, 0.3) is 0 Å². The Bertz CT molecular complexity index is 676. The Morgan fingerprint density at radius 1 is 1.33 bits per heavy atom. The number of imidazole rings is 1. The van der Waals surface area contributed by atoms with Crippen LogP contribution in [0, 0.1) is 0 Å². The number of carbonyl (C=O) groups excluding carboxylic acids is 1. The predicted molar refractivity (Wildman–Crippen MR) is 95.9 cm³/mol. The van der Waals surface area contributed by atoms with Crippen LogP contribution in [0.1, 0.15) is 37.2 Å². The molecule has 2 heterocycles. The molecule has 1 aromatic heterocycles. The van der Waals surface area contributed by atoms with Gasteiger partial charge in [0.05, 0.1) is 23.3 Å². The molecule has 0 saturated carbocycles. The number of fused-ring (bicyclic) bond motifs is 1. The number of nitrogens with one attached hydrogen (secondary N) is 1. The van der Waals surface area contributed by atoms with E-state index in [1.807, 2.05) is 24.3 Å². The highest BCUT2D eigenvalue weighted by Crippen LogP contribution is 2.23. The first-order valence-corrected chi connectivity index (χ1v) is 9.20. The van der Waals surface area contributed by atoms with Crippen LogP contribution in [0.3, 0.4) is 0 Å². The van der Waals surface area contributed by atoms with Crippen molar-refractivity contribution in [1.82, 2.24) is 14.9 Å². The van der Waals surface area contributed by atoms with Gasteiger partial charge in [-0.05, 0) is 47.3 Å². The van der Waals surface area contributed by atoms with Crippen LogP contribution in [0.25, 0.3) is 0 Å². The molecule has 1 aromatic carbocycles. The maximum Gasteiger partial charge on any atom is 0.220 e. The van der Waals surface area contributed by atoms with E-state index in [1.54, 1.807) is 0 Å². The average Bonchev–Trinajstić information content (AvgIpc) is 3.01. The molecule has 0 saturated heterocycles. The summed E-state index contributed by atoms with van der Waals surface area (Å²) in [7, 11) is 0. The van der Waals surface area contributed by atoms with Crippen molar-refractivity contribution < 1.29 is 9.53 Å². The van der Waals surface area contributed by atoms with Crippen LogP contribution in [0.15, 0.2) is 34.9 Å². The molecule has 5 nitrogen and oxygen atoms in total. The highest BCUT2D eigenvalue weighted by atomic mass is 79.9. The molecule has 0 atom stereocenters. The van der Waals surface area contributed by atoms with Crippen LogP contribution < -0.4 is 10.1 Å². The second-order valence-electron chi connectivity index (χ2n) is 5.96. The van der Waals surface area contributed by atoms with Gasteiger partial charge in [0.2, 0.25) is 5.91 Å². The maximum atomic E-state index is 11.9. The Balaban J connectivity index is 1.35. The zero-order valence-corrected chi connectivity index (χ0v) is 15.2. The largest absolute Gasteiger partial charge is 0.492 e. The average molecular weight is 392 g/mol. The molecule has 1 aliphatic heterocycles. The molecule has 0 unspecified atom stereocenters. The molecule has 0 fully saturated rings. The van der Waals surface area contributed by atoms with Crippen molar-refractivity contribution in [2.75, 3.05) is 6.61 Å². The molecule has 128 valence electrons. The fourth-order valence-electron chi connectivity index (χ4n) is 2.81. The SMILES string of the molecule is O=C(CCCOc1ccccc1Br)NCc1cn2c(n1)CCCC2. The van der Waals surface area contributed by atoms with E-state index in [2.05, 4.69) is 37.0 Å². The molecule has 0 aliphatic carbocycles. The summed E-state index contributed by atoms with van der Waals surface area (Å²) in [5, 5.41) is 2.94. The zero-order valence-electron chi connectivity index (χ0n) is 13.6. The first-order valence-electron chi connectivity index (χ1n) is 8.41. The number of hydrogen-bond acceptors (Lipinski definition) is 3. The van der Waals surface area contributed by atoms with E-state index in [4.69, 9.17) is 4.74 Å². The Hall–Kier alpha value is -1.82. The molecule has 6 heteroatoms. The highest BCUT2D eigenvalue weighted by Gasteiger charge is 2.12. The third kappa shape index (κ3) is 4.60. The van der Waals surface area contributed by atoms with Crippen molar-refractivity contribution in [2.45, 2.75) is 45.2 Å². The van der Waals surface area contributed by atoms with E-state index in [0.717, 1.165) is 34.7 Å². The minimum absolute atomic E-state index is 0.0386. The molecular weight excluding hydrogens is 370 g/mol. The van der Waals surface area contributed by atoms with Gasteiger partial charge in [-0.15, -0.1) is 0 Å². The number of aryl methyl sites for hydroxylation is 2. The summed E-state index contributed by atoms with van der Waals surface area (Å²) in [6, 6.07) is 7.71. The lowest BCUT2D eigenvalue weighted by Gasteiger charge is -2.11. The highest BCUT2D eigenvalue weighted by molar-refractivity contribution is 9.10. The normalized spacial score (nSPS) is 13.4. The standard InChI is InChI=1S/C18H22BrN3O2/c19-15-6-1-2-7-16(15)24-11-5-9-18(23)20-12-14-13-22-10-4-3-8-17(22)21-14/h1-2,6-7,13H,3-5,8-12H2,(H,20,23). The number of nitrogens with zero attached hydrogens (tertiary/aromatic N) is 2. The third-order valence-corrected chi connectivity index (χ3v) is 4.72. The molecule has 1 N–H and O–H groups in total. The molecule has 0 radical (unpaired) electrons. The summed E-state index contributed by atoms with van der Waals surface area (Å²) in [5.41, 5.74) is 0.949. The number of hydrogen-bond donors (Lipinski definition) is 1. The summed E-state index contributed by atoms with van der Waals surface area (Å²) in [6.07, 6.45) is 6.67. The van der Waals surface area contributed by atoms with Gasteiger partial charge in [0.1, 0.15) is 11.6 Å². The van der Waals surface area contributed by atoms with Gasteiger partial charge in [-0.3, -0.25) is 4.79 Å². The number of ether oxygens (including phenoxy) is 1. The van der Waals surface area contributed by atoms with Gasteiger partial charge in [0, 0.05) is 25.6 Å². The van der Waals surface area contributed by atoms with E-state index in [-0.39, 0.29) is 5.91 Å². The van der Waals surface area contributed by atoms with E-state index >= 15 is 0 Å². The quantitative estimate of drug-likeness (QED) is 0.735. The van der Waals surface area contributed by atoms with E-state index in [9.17, 15) is 4.79 Å². The van der Waals surface area contributed by atoms with Crippen LogP contribution in [-0.2, 0) is 24.3 Å². The van der Waals surface area contributed by atoms with E-state index < -0.39 is 0 Å². The van der Waals surface area contributed by atoms with Crippen molar-refractivity contribution >= 4 is 21.8 Å². The van der Waals surface area contributed by atoms with Crippen molar-refractivity contribution in [3.63, 3.8) is 0 Å². The summed E-state index contributed by atoms with van der Waals surface area (Å²) in [5.74, 6) is 1.99. The first kappa shape index (κ1) is 17.0. The summed E-state index contributed by atoms with van der Waals surface area (Å²) in [6.45, 7) is 2.07. The van der Waals surface area contributed by atoms with Crippen molar-refractivity contribution in [2.24, 2.45) is 0 Å². The number of halogens is 1. The van der Waals surface area contributed by atoms with Crippen LogP contribution in [-0.4, -0.2) is 22.1 Å². The summed E-state index contributed by atoms with van der Waals surface area (Å²) in [4.78, 5) is 16.5. The lowest BCUT2D eigenvalue weighted by molar-refractivity contribution is -0.121. The number of aromatic nitrogens is 2. The van der Waals surface area contributed by atoms with Crippen LogP contribution in [0.2, 0.25) is 0 Å². The summed E-state index contributed by atoms with van der Waals surface area (Å²) >= 11 is 3.44. The van der Waals surface area contributed by atoms with Crippen molar-refractivity contribution in [1.29, 1.82) is 0 Å². The Kier molecular flexibility index (Phi) is 5.91. The van der Waals surface area contributed by atoms with E-state index in [1.165, 1.54) is 12.8 Å². The minimum atomic E-state index is 0.0386. The molecule has 1 aliphatic rings. The number of rotatable bonds is 7. The van der Waals surface area contributed by atoms with Crippen molar-refractivity contribution in [3.8, 4) is 5.75 Å². The topological polar surface area (TPSA) is 56.1 Å². The van der Waals surface area contributed by atoms with Gasteiger partial charge < -0.3 is 14.6 Å². The molecule has 0 spiro atoms. The van der Waals surface area contributed by atoms with Gasteiger partial charge in [-0.25, -0.2) is 4.98 Å². The number of benzene rings is 1. The Morgan fingerprint density at radius 3 is 3.04 bits per heavy atom. The Morgan fingerprint density at radius 2 is 2.21 bits per heavy atom. The molecule has 3 rings (SSSR count). The van der Waals surface area contributed by atoms with Gasteiger partial charge in [-0.2, -0.15) is 0 Å². The van der Waals surface area contributed by atoms with Crippen LogP contribution in [0.5, 0.6) is 5.75 Å². The first-order chi connectivity index (χ1) is 11.7. The Labute approximate surface area is 150 Å². The molecule has 0 bridgehead atoms. The smallest absolute Gasteiger partial charge is 0.220 e. The fraction of sp³-hybridized carbons (Fsp3) is 0.444. The van der Waals surface area contributed by atoms with Crippen LogP contribution >= 0.6 is 15.9 Å². The molecule has 24 heavy (non-hydrogen) atoms. The predicted octanol–water partition coefficient (Wildman–Crippen LogP) is 3.46. The number of carbonyl (C=O) groups is 1. The second kappa shape index (κ2) is 8.33. The lowest BCUT2D eigenvalue weighted by atomic mass is 10.2. The number of para-hydroxylation sites is 1. The minimum Gasteiger partial charge on any atom is -0.492 e. The maximum absolute atomic E-state index is 11.9. The fourth-order valence-corrected chi connectivity index (χ4v) is 3.21.